The molecule has 5 nitrogen and oxygen atoms in total. The van der Waals surface area contributed by atoms with Gasteiger partial charge in [-0.2, -0.15) is 5.26 Å². The van der Waals surface area contributed by atoms with Crippen molar-refractivity contribution in [3.05, 3.63) is 92.9 Å². The second kappa shape index (κ2) is 10.7. The maximum Gasteiger partial charge on any atom is 0.266 e. The molecule has 0 saturated carbocycles. The Morgan fingerprint density at radius 3 is 2.55 bits per heavy atom. The number of benzene rings is 3. The van der Waals surface area contributed by atoms with Gasteiger partial charge in [0, 0.05) is 16.3 Å². The molecular formula is C24H18BrClN2O3. The third-order valence-electron chi connectivity index (χ3n) is 4.32. The number of halogens is 2. The normalized spacial score (nSPS) is 10.8. The Labute approximate surface area is 194 Å². The zero-order valence-electron chi connectivity index (χ0n) is 16.6. The molecule has 0 unspecified atom stereocenters. The first-order chi connectivity index (χ1) is 15.0. The van der Waals surface area contributed by atoms with Crippen molar-refractivity contribution in [2.45, 2.75) is 6.61 Å². The molecule has 3 aromatic carbocycles. The fourth-order valence-electron chi connectivity index (χ4n) is 2.70. The topological polar surface area (TPSA) is 71.3 Å². The van der Waals surface area contributed by atoms with Crippen LogP contribution >= 0.6 is 27.5 Å². The van der Waals surface area contributed by atoms with Gasteiger partial charge in [-0.1, -0.05) is 35.9 Å². The van der Waals surface area contributed by atoms with Gasteiger partial charge in [0.05, 0.1) is 11.6 Å². The summed E-state index contributed by atoms with van der Waals surface area (Å²) in [6, 6.07) is 21.6. The van der Waals surface area contributed by atoms with Crippen LogP contribution in [0.15, 0.2) is 76.8 Å². The van der Waals surface area contributed by atoms with Gasteiger partial charge < -0.3 is 14.8 Å². The summed E-state index contributed by atoms with van der Waals surface area (Å²) in [5, 5.41) is 12.8. The maximum absolute atomic E-state index is 12.5. The fraction of sp³-hybridized carbons (Fsp3) is 0.0833. The highest BCUT2D eigenvalue weighted by Gasteiger charge is 2.11. The number of methoxy groups -OCH3 is 1. The van der Waals surface area contributed by atoms with Crippen LogP contribution < -0.4 is 14.8 Å². The van der Waals surface area contributed by atoms with Crippen LogP contribution in [0.3, 0.4) is 0 Å². The molecule has 0 aromatic heterocycles. The molecule has 3 aromatic rings. The zero-order chi connectivity index (χ0) is 22.2. The molecule has 0 radical (unpaired) electrons. The molecule has 0 aliphatic rings. The highest BCUT2D eigenvalue weighted by Crippen LogP contribution is 2.26. The van der Waals surface area contributed by atoms with Gasteiger partial charge in [0.25, 0.3) is 5.91 Å². The monoisotopic (exact) mass is 496 g/mol. The fourth-order valence-corrected chi connectivity index (χ4v) is 3.45. The van der Waals surface area contributed by atoms with Crippen molar-refractivity contribution in [3.8, 4) is 17.6 Å². The summed E-state index contributed by atoms with van der Waals surface area (Å²) in [6.45, 7) is 0.337. The predicted molar refractivity (Wildman–Crippen MR) is 125 cm³/mol. The van der Waals surface area contributed by atoms with Crippen LogP contribution in [0.25, 0.3) is 6.08 Å². The number of nitrogens with one attached hydrogen (secondary N) is 1. The van der Waals surface area contributed by atoms with Crippen molar-refractivity contribution in [1.82, 2.24) is 0 Å². The molecule has 1 N–H and O–H groups in total. The van der Waals surface area contributed by atoms with Gasteiger partial charge in [0.15, 0.2) is 0 Å². The number of hydrogen-bond donors (Lipinski definition) is 1. The van der Waals surface area contributed by atoms with Crippen molar-refractivity contribution in [3.63, 3.8) is 0 Å². The second-order valence-corrected chi connectivity index (χ2v) is 7.68. The summed E-state index contributed by atoms with van der Waals surface area (Å²) >= 11 is 9.52. The Balaban J connectivity index is 1.64. The van der Waals surface area contributed by atoms with Gasteiger partial charge in [0.2, 0.25) is 0 Å². The molecule has 0 saturated heterocycles. The maximum atomic E-state index is 12.5. The van der Waals surface area contributed by atoms with E-state index >= 15 is 0 Å². The standard InChI is InChI=1S/C24H18BrClN2O3/c1-30-23-11-6-16(13-21(23)25)12-18(14-27)24(29)28-19-7-9-20(10-8-19)31-15-17-4-2-3-5-22(17)26/h2-13H,15H2,1H3,(H,28,29)/b18-12+. The smallest absolute Gasteiger partial charge is 0.266 e. The molecule has 7 heteroatoms. The molecule has 0 heterocycles. The summed E-state index contributed by atoms with van der Waals surface area (Å²) in [7, 11) is 1.57. The molecule has 0 atom stereocenters. The molecule has 0 spiro atoms. The van der Waals surface area contributed by atoms with Crippen molar-refractivity contribution in [2.24, 2.45) is 0 Å². The van der Waals surface area contributed by atoms with Gasteiger partial charge in [0.1, 0.15) is 29.7 Å². The molecule has 0 aliphatic heterocycles. The van der Waals surface area contributed by atoms with Crippen LogP contribution in [0.5, 0.6) is 11.5 Å². The Morgan fingerprint density at radius 1 is 1.16 bits per heavy atom. The summed E-state index contributed by atoms with van der Waals surface area (Å²) < 4.78 is 11.7. The molecular weight excluding hydrogens is 480 g/mol. The number of carbonyl (C=O) groups excluding carboxylic acids is 1. The van der Waals surface area contributed by atoms with Crippen molar-refractivity contribution in [2.75, 3.05) is 12.4 Å². The van der Waals surface area contributed by atoms with Crippen LogP contribution in [-0.2, 0) is 11.4 Å². The molecule has 1 amide bonds. The van der Waals surface area contributed by atoms with Crippen molar-refractivity contribution >= 4 is 45.2 Å². The minimum atomic E-state index is -0.501. The number of amides is 1. The van der Waals surface area contributed by atoms with Crippen LogP contribution in [0, 0.1) is 11.3 Å². The SMILES string of the molecule is COc1ccc(/C=C(\C#N)C(=O)Nc2ccc(OCc3ccccc3Cl)cc2)cc1Br. The van der Waals surface area contributed by atoms with E-state index in [4.69, 9.17) is 21.1 Å². The zero-order valence-corrected chi connectivity index (χ0v) is 18.9. The van der Waals surface area contributed by atoms with Crippen molar-refractivity contribution in [1.29, 1.82) is 5.26 Å². The lowest BCUT2D eigenvalue weighted by Gasteiger charge is -2.09. The minimum Gasteiger partial charge on any atom is -0.496 e. The molecule has 156 valence electrons. The van der Waals surface area contributed by atoms with E-state index in [2.05, 4.69) is 21.2 Å². The summed E-state index contributed by atoms with van der Waals surface area (Å²) in [4.78, 5) is 12.5. The van der Waals surface area contributed by atoms with E-state index < -0.39 is 5.91 Å². The summed E-state index contributed by atoms with van der Waals surface area (Å²) in [5.74, 6) is 0.799. The van der Waals surface area contributed by atoms with Crippen molar-refractivity contribution < 1.29 is 14.3 Å². The number of nitriles is 1. The molecule has 0 bridgehead atoms. The molecule has 3 rings (SSSR count). The van der Waals surface area contributed by atoms with Crippen LogP contribution in [0.2, 0.25) is 5.02 Å². The first-order valence-corrected chi connectivity index (χ1v) is 10.4. The Bertz CT molecular complexity index is 1150. The van der Waals surface area contributed by atoms with E-state index in [-0.39, 0.29) is 5.57 Å². The third kappa shape index (κ3) is 6.11. The molecule has 0 aliphatic carbocycles. The van der Waals surface area contributed by atoms with Gasteiger partial charge in [-0.05, 0) is 70.0 Å². The number of anilines is 1. The first-order valence-electron chi connectivity index (χ1n) is 9.23. The number of ether oxygens (including phenoxy) is 2. The minimum absolute atomic E-state index is 0.0175. The number of hydrogen-bond acceptors (Lipinski definition) is 4. The lowest BCUT2D eigenvalue weighted by atomic mass is 10.1. The van der Waals surface area contributed by atoms with Crippen LogP contribution in [-0.4, -0.2) is 13.0 Å². The highest BCUT2D eigenvalue weighted by atomic mass is 79.9. The summed E-state index contributed by atoms with van der Waals surface area (Å²) in [5.41, 5.74) is 2.11. The Hall–Kier alpha value is -3.27. The third-order valence-corrected chi connectivity index (χ3v) is 5.30. The van der Waals surface area contributed by atoms with E-state index in [0.717, 1.165) is 10.0 Å². The van der Waals surface area contributed by atoms with E-state index in [1.165, 1.54) is 6.08 Å². The van der Waals surface area contributed by atoms with E-state index in [0.29, 0.717) is 34.4 Å². The average molecular weight is 498 g/mol. The molecule has 31 heavy (non-hydrogen) atoms. The highest BCUT2D eigenvalue weighted by molar-refractivity contribution is 9.10. The largest absolute Gasteiger partial charge is 0.496 e. The Kier molecular flexibility index (Phi) is 7.71. The first kappa shape index (κ1) is 22.4. The van der Waals surface area contributed by atoms with Gasteiger partial charge in [-0.25, -0.2) is 0 Å². The van der Waals surface area contributed by atoms with Gasteiger partial charge in [-0.3, -0.25) is 4.79 Å². The van der Waals surface area contributed by atoms with Crippen LogP contribution in [0.1, 0.15) is 11.1 Å². The van der Waals surface area contributed by atoms with E-state index in [1.54, 1.807) is 49.6 Å². The predicted octanol–water partition coefficient (Wildman–Crippen LogP) is 6.24. The number of rotatable bonds is 7. The average Bonchev–Trinajstić information content (AvgIpc) is 2.78. The number of carbonyl (C=O) groups is 1. The summed E-state index contributed by atoms with van der Waals surface area (Å²) in [6.07, 6.45) is 1.51. The van der Waals surface area contributed by atoms with E-state index in [9.17, 15) is 10.1 Å². The lowest BCUT2D eigenvalue weighted by molar-refractivity contribution is -0.112. The quantitative estimate of drug-likeness (QED) is 0.310. The second-order valence-electron chi connectivity index (χ2n) is 6.42. The van der Waals surface area contributed by atoms with E-state index in [1.807, 2.05) is 30.3 Å². The van der Waals surface area contributed by atoms with Gasteiger partial charge >= 0.3 is 0 Å². The Morgan fingerprint density at radius 2 is 1.90 bits per heavy atom. The van der Waals surface area contributed by atoms with Crippen LogP contribution in [0.4, 0.5) is 5.69 Å². The van der Waals surface area contributed by atoms with Gasteiger partial charge in [-0.15, -0.1) is 0 Å². The lowest BCUT2D eigenvalue weighted by Crippen LogP contribution is -2.13. The molecule has 0 fully saturated rings. The number of nitrogens with zero attached hydrogens (tertiary/aromatic N) is 1.